The summed E-state index contributed by atoms with van der Waals surface area (Å²) < 4.78 is 27.4. The monoisotopic (exact) mass is 275 g/mol. The van der Waals surface area contributed by atoms with Gasteiger partial charge in [0.15, 0.2) is 0 Å². The van der Waals surface area contributed by atoms with E-state index < -0.39 is 0 Å². The Morgan fingerprint density at radius 1 is 0.850 bits per heavy atom. The van der Waals surface area contributed by atoms with Gasteiger partial charge in [-0.1, -0.05) is 36.4 Å². The van der Waals surface area contributed by atoms with Crippen LogP contribution < -0.4 is 5.32 Å². The molecule has 0 spiro atoms. The van der Waals surface area contributed by atoms with E-state index in [0.29, 0.717) is 24.0 Å². The highest BCUT2D eigenvalue weighted by atomic mass is 19.1. The number of rotatable bonds is 6. The molecule has 20 heavy (non-hydrogen) atoms. The van der Waals surface area contributed by atoms with Gasteiger partial charge in [0.25, 0.3) is 0 Å². The highest BCUT2D eigenvalue weighted by Gasteiger charge is 2.14. The molecule has 0 heterocycles. The van der Waals surface area contributed by atoms with Gasteiger partial charge in [-0.2, -0.15) is 0 Å². The van der Waals surface area contributed by atoms with Crippen LogP contribution in [0.25, 0.3) is 0 Å². The van der Waals surface area contributed by atoms with E-state index in [1.54, 1.807) is 24.3 Å². The van der Waals surface area contributed by atoms with Crippen molar-refractivity contribution >= 4 is 0 Å². The first-order chi connectivity index (χ1) is 9.70. The van der Waals surface area contributed by atoms with E-state index in [9.17, 15) is 8.78 Å². The lowest BCUT2D eigenvalue weighted by atomic mass is 9.92. The van der Waals surface area contributed by atoms with E-state index in [0.717, 1.165) is 6.54 Å². The molecular formula is C17H19F2N. The summed E-state index contributed by atoms with van der Waals surface area (Å²) in [6.07, 6.45) is 1.20. The van der Waals surface area contributed by atoms with Crippen molar-refractivity contribution < 1.29 is 8.78 Å². The van der Waals surface area contributed by atoms with Crippen LogP contribution in [0.1, 0.15) is 11.1 Å². The molecule has 0 aromatic heterocycles. The van der Waals surface area contributed by atoms with Crippen LogP contribution in [0, 0.1) is 17.6 Å². The molecule has 1 nitrogen and oxygen atoms in total. The average molecular weight is 275 g/mol. The predicted molar refractivity (Wildman–Crippen MR) is 77.6 cm³/mol. The average Bonchev–Trinajstić information content (AvgIpc) is 2.44. The summed E-state index contributed by atoms with van der Waals surface area (Å²) in [5, 5.41) is 3.10. The quantitative estimate of drug-likeness (QED) is 0.849. The van der Waals surface area contributed by atoms with Crippen LogP contribution in [0.2, 0.25) is 0 Å². The maximum absolute atomic E-state index is 13.7. The standard InChI is InChI=1S/C17H19F2N/c1-20-12-13(10-14-6-2-4-8-16(14)18)11-15-7-3-5-9-17(15)19/h2-9,13,20H,10-12H2,1H3. The molecule has 2 rings (SSSR count). The van der Waals surface area contributed by atoms with Crippen molar-refractivity contribution in [3.63, 3.8) is 0 Å². The fourth-order valence-electron chi connectivity index (χ4n) is 2.46. The largest absolute Gasteiger partial charge is 0.319 e. The highest BCUT2D eigenvalue weighted by molar-refractivity contribution is 5.21. The second kappa shape index (κ2) is 7.15. The first kappa shape index (κ1) is 14.7. The number of halogens is 2. The Morgan fingerprint density at radius 3 is 1.70 bits per heavy atom. The summed E-state index contributed by atoms with van der Waals surface area (Å²) in [6, 6.07) is 13.5. The van der Waals surface area contributed by atoms with E-state index in [4.69, 9.17) is 0 Å². The van der Waals surface area contributed by atoms with Crippen molar-refractivity contribution in [3.05, 3.63) is 71.3 Å². The Hall–Kier alpha value is -1.74. The lowest BCUT2D eigenvalue weighted by molar-refractivity contribution is 0.469. The second-order valence-corrected chi connectivity index (χ2v) is 5.01. The van der Waals surface area contributed by atoms with Crippen LogP contribution in [0.4, 0.5) is 8.78 Å². The minimum atomic E-state index is -0.192. The van der Waals surface area contributed by atoms with Crippen molar-refractivity contribution in [1.29, 1.82) is 0 Å². The third-order valence-electron chi connectivity index (χ3n) is 3.43. The molecule has 0 aliphatic rings. The van der Waals surface area contributed by atoms with Gasteiger partial charge in [-0.25, -0.2) is 8.78 Å². The van der Waals surface area contributed by atoms with E-state index >= 15 is 0 Å². The van der Waals surface area contributed by atoms with Gasteiger partial charge < -0.3 is 5.32 Å². The van der Waals surface area contributed by atoms with Gasteiger partial charge in [-0.05, 0) is 55.6 Å². The topological polar surface area (TPSA) is 12.0 Å². The first-order valence-electron chi connectivity index (χ1n) is 6.82. The first-order valence-corrected chi connectivity index (χ1v) is 6.82. The summed E-state index contributed by atoms with van der Waals surface area (Å²) in [5.74, 6) is -0.224. The Morgan fingerprint density at radius 2 is 1.30 bits per heavy atom. The number of nitrogens with one attached hydrogen (secondary N) is 1. The van der Waals surface area contributed by atoms with Gasteiger partial charge in [0.2, 0.25) is 0 Å². The van der Waals surface area contributed by atoms with Crippen molar-refractivity contribution in [1.82, 2.24) is 5.32 Å². The van der Waals surface area contributed by atoms with E-state index in [2.05, 4.69) is 5.32 Å². The van der Waals surface area contributed by atoms with Crippen LogP contribution in [0.5, 0.6) is 0 Å². The molecule has 0 saturated heterocycles. The normalized spacial score (nSPS) is 11.0. The van der Waals surface area contributed by atoms with Crippen molar-refractivity contribution in [2.75, 3.05) is 13.6 Å². The van der Waals surface area contributed by atoms with Crippen LogP contribution in [-0.4, -0.2) is 13.6 Å². The van der Waals surface area contributed by atoms with Gasteiger partial charge in [0.1, 0.15) is 11.6 Å². The molecule has 2 aromatic rings. The molecule has 0 aliphatic carbocycles. The summed E-state index contributed by atoms with van der Waals surface area (Å²) in [6.45, 7) is 0.725. The van der Waals surface area contributed by atoms with Gasteiger partial charge >= 0.3 is 0 Å². The second-order valence-electron chi connectivity index (χ2n) is 5.01. The SMILES string of the molecule is CNCC(Cc1ccccc1F)Cc1ccccc1F. The lowest BCUT2D eigenvalue weighted by Gasteiger charge is -2.17. The molecule has 0 bridgehead atoms. The molecule has 0 aliphatic heterocycles. The van der Waals surface area contributed by atoms with E-state index in [1.807, 2.05) is 19.2 Å². The fourth-order valence-corrected chi connectivity index (χ4v) is 2.46. The minimum absolute atomic E-state index is 0.161. The zero-order valence-electron chi connectivity index (χ0n) is 11.6. The maximum atomic E-state index is 13.7. The smallest absolute Gasteiger partial charge is 0.126 e. The summed E-state index contributed by atoms with van der Waals surface area (Å²) in [5.41, 5.74) is 1.37. The van der Waals surface area contributed by atoms with Crippen LogP contribution in [0.3, 0.4) is 0 Å². The molecule has 0 unspecified atom stereocenters. The predicted octanol–water partition coefficient (Wildman–Crippen LogP) is 3.59. The molecule has 0 fully saturated rings. The summed E-state index contributed by atoms with van der Waals surface area (Å²) >= 11 is 0. The van der Waals surface area contributed by atoms with Gasteiger partial charge in [-0.3, -0.25) is 0 Å². The zero-order valence-corrected chi connectivity index (χ0v) is 11.6. The summed E-state index contributed by atoms with van der Waals surface area (Å²) in [7, 11) is 1.86. The fraction of sp³-hybridized carbons (Fsp3) is 0.294. The Balaban J connectivity index is 2.12. The van der Waals surface area contributed by atoms with Gasteiger partial charge in [-0.15, -0.1) is 0 Å². The van der Waals surface area contributed by atoms with Crippen molar-refractivity contribution in [3.8, 4) is 0 Å². The number of hydrogen-bond acceptors (Lipinski definition) is 1. The van der Waals surface area contributed by atoms with E-state index in [-0.39, 0.29) is 17.6 Å². The molecule has 2 aromatic carbocycles. The Bertz CT molecular complexity index is 507. The summed E-state index contributed by atoms with van der Waals surface area (Å²) in [4.78, 5) is 0. The molecule has 1 N–H and O–H groups in total. The molecule has 0 radical (unpaired) electrons. The highest BCUT2D eigenvalue weighted by Crippen LogP contribution is 2.18. The van der Waals surface area contributed by atoms with Crippen LogP contribution in [0.15, 0.2) is 48.5 Å². The third kappa shape index (κ3) is 3.87. The Labute approximate surface area is 118 Å². The molecule has 0 amide bonds. The molecule has 0 atom stereocenters. The van der Waals surface area contributed by atoms with Gasteiger partial charge in [0, 0.05) is 0 Å². The number of hydrogen-bond donors (Lipinski definition) is 1. The van der Waals surface area contributed by atoms with Gasteiger partial charge in [0.05, 0.1) is 0 Å². The molecular weight excluding hydrogens is 256 g/mol. The Kier molecular flexibility index (Phi) is 5.24. The van der Waals surface area contributed by atoms with E-state index in [1.165, 1.54) is 12.1 Å². The molecule has 0 saturated carbocycles. The van der Waals surface area contributed by atoms with Crippen molar-refractivity contribution in [2.45, 2.75) is 12.8 Å². The molecule has 106 valence electrons. The zero-order chi connectivity index (χ0) is 14.4. The van der Waals surface area contributed by atoms with Crippen molar-refractivity contribution in [2.24, 2.45) is 5.92 Å². The number of benzene rings is 2. The maximum Gasteiger partial charge on any atom is 0.126 e. The minimum Gasteiger partial charge on any atom is -0.319 e. The molecule has 3 heteroatoms. The van der Waals surface area contributed by atoms with Crippen LogP contribution in [-0.2, 0) is 12.8 Å². The third-order valence-corrected chi connectivity index (χ3v) is 3.43. The lowest BCUT2D eigenvalue weighted by Crippen LogP contribution is -2.23. The van der Waals surface area contributed by atoms with Crippen LogP contribution >= 0.6 is 0 Å².